The maximum absolute atomic E-state index is 5.45. The van der Waals surface area contributed by atoms with Crippen LogP contribution in [0.1, 0.15) is 45.2 Å². The van der Waals surface area contributed by atoms with Crippen LogP contribution in [0, 0.1) is 4.77 Å². The molecule has 0 atom stereocenters. The van der Waals surface area contributed by atoms with Crippen molar-refractivity contribution in [2.24, 2.45) is 0 Å². The van der Waals surface area contributed by atoms with Crippen molar-refractivity contribution < 1.29 is 0 Å². The topological polar surface area (TPSA) is 20.7 Å². The molecule has 0 saturated heterocycles. The van der Waals surface area contributed by atoms with Crippen molar-refractivity contribution in [3.63, 3.8) is 0 Å². The summed E-state index contributed by atoms with van der Waals surface area (Å²) in [6, 6.07) is 4.32. The van der Waals surface area contributed by atoms with Gasteiger partial charge in [-0.05, 0) is 23.7 Å². The molecule has 0 bridgehead atoms. The van der Waals surface area contributed by atoms with Crippen molar-refractivity contribution in [1.29, 1.82) is 0 Å². The van der Waals surface area contributed by atoms with Gasteiger partial charge in [-0.15, -0.1) is 11.3 Å². The Balaban J connectivity index is 2.39. The van der Waals surface area contributed by atoms with Crippen LogP contribution in [0.2, 0.25) is 0 Å². The average Bonchev–Trinajstić information content (AvgIpc) is 2.88. The summed E-state index contributed by atoms with van der Waals surface area (Å²) in [6.07, 6.45) is 2.05. The minimum absolute atomic E-state index is 0.0919. The summed E-state index contributed by atoms with van der Waals surface area (Å²) in [5.74, 6) is 0. The van der Waals surface area contributed by atoms with Crippen LogP contribution >= 0.6 is 23.6 Å². The van der Waals surface area contributed by atoms with Crippen LogP contribution in [-0.4, -0.2) is 9.55 Å². The van der Waals surface area contributed by atoms with Crippen molar-refractivity contribution >= 4 is 23.6 Å². The van der Waals surface area contributed by atoms with Gasteiger partial charge in [0.25, 0.3) is 0 Å². The molecule has 104 valence electrons. The maximum atomic E-state index is 5.45. The van der Waals surface area contributed by atoms with Crippen LogP contribution in [-0.2, 0) is 17.4 Å². The Labute approximate surface area is 124 Å². The van der Waals surface area contributed by atoms with Gasteiger partial charge in [0.1, 0.15) is 0 Å². The third-order valence-electron chi connectivity index (χ3n) is 3.38. The summed E-state index contributed by atoms with van der Waals surface area (Å²) in [6.45, 7) is 12.1. The van der Waals surface area contributed by atoms with E-state index in [4.69, 9.17) is 12.2 Å². The van der Waals surface area contributed by atoms with E-state index in [2.05, 4.69) is 61.7 Å². The minimum atomic E-state index is 0.0919. The first-order valence-electron chi connectivity index (χ1n) is 6.54. The van der Waals surface area contributed by atoms with Gasteiger partial charge >= 0.3 is 0 Å². The van der Waals surface area contributed by atoms with Crippen molar-refractivity contribution in [2.45, 2.75) is 52.0 Å². The van der Waals surface area contributed by atoms with E-state index in [1.807, 2.05) is 17.5 Å². The van der Waals surface area contributed by atoms with Crippen molar-refractivity contribution in [3.05, 3.63) is 39.1 Å². The molecule has 0 spiro atoms. The number of hydrogen-bond acceptors (Lipinski definition) is 2. The number of hydrogen-bond donors (Lipinski definition) is 1. The zero-order chi connectivity index (χ0) is 14.3. The van der Waals surface area contributed by atoms with E-state index in [1.54, 1.807) is 0 Å². The van der Waals surface area contributed by atoms with Gasteiger partial charge in [-0.1, -0.05) is 40.7 Å². The van der Waals surface area contributed by atoms with Gasteiger partial charge in [0.05, 0.1) is 0 Å². The van der Waals surface area contributed by atoms with Crippen LogP contribution < -0.4 is 0 Å². The summed E-state index contributed by atoms with van der Waals surface area (Å²) in [5, 5.41) is 2.14. The predicted molar refractivity (Wildman–Crippen MR) is 85.7 cm³/mol. The normalized spacial score (nSPS) is 12.9. The molecule has 0 saturated carbocycles. The van der Waals surface area contributed by atoms with Gasteiger partial charge in [-0.2, -0.15) is 0 Å². The second kappa shape index (κ2) is 4.91. The summed E-state index contributed by atoms with van der Waals surface area (Å²) in [4.78, 5) is 4.59. The fourth-order valence-electron chi connectivity index (χ4n) is 2.31. The molecular formula is C15H22N2S2. The second-order valence-electron chi connectivity index (χ2n) is 6.68. The molecule has 2 rings (SSSR count). The smallest absolute Gasteiger partial charge is 0.177 e. The molecule has 2 nitrogen and oxygen atoms in total. The molecular weight excluding hydrogens is 272 g/mol. The number of rotatable bonds is 3. The van der Waals surface area contributed by atoms with Crippen LogP contribution in [0.25, 0.3) is 0 Å². The van der Waals surface area contributed by atoms with E-state index in [0.29, 0.717) is 0 Å². The molecule has 2 heterocycles. The number of aromatic nitrogens is 2. The summed E-state index contributed by atoms with van der Waals surface area (Å²) in [5.41, 5.74) is 1.45. The molecule has 2 aromatic heterocycles. The fraction of sp³-hybridized carbons (Fsp3) is 0.533. The predicted octanol–water partition coefficient (Wildman–Crippen LogP) is 4.88. The minimum Gasteiger partial charge on any atom is -0.337 e. The first-order chi connectivity index (χ1) is 8.72. The lowest BCUT2D eigenvalue weighted by Crippen LogP contribution is -2.27. The molecule has 0 aliphatic heterocycles. The third-order valence-corrected chi connectivity index (χ3v) is 4.95. The largest absolute Gasteiger partial charge is 0.337 e. The molecule has 0 aromatic carbocycles. The summed E-state index contributed by atoms with van der Waals surface area (Å²) in [7, 11) is 0. The maximum Gasteiger partial charge on any atom is 0.177 e. The fourth-order valence-corrected chi connectivity index (χ4v) is 3.38. The molecule has 2 aromatic rings. The Bertz CT molecular complexity index is 595. The SMILES string of the molecule is CC(C)(C)c1c[nH]c(=S)n1CC(C)(C)c1cccs1. The summed E-state index contributed by atoms with van der Waals surface area (Å²) < 4.78 is 3.06. The van der Waals surface area contributed by atoms with Gasteiger partial charge in [0, 0.05) is 34.1 Å². The van der Waals surface area contributed by atoms with Crippen LogP contribution in [0.4, 0.5) is 0 Å². The Morgan fingerprint density at radius 3 is 2.47 bits per heavy atom. The van der Waals surface area contributed by atoms with Gasteiger partial charge in [-0.3, -0.25) is 0 Å². The molecule has 0 fully saturated rings. The van der Waals surface area contributed by atoms with Crippen LogP contribution in [0.15, 0.2) is 23.7 Å². The number of nitrogens with zero attached hydrogens (tertiary/aromatic N) is 1. The van der Waals surface area contributed by atoms with E-state index in [9.17, 15) is 0 Å². The molecule has 0 unspecified atom stereocenters. The highest BCUT2D eigenvalue weighted by atomic mass is 32.1. The third kappa shape index (κ3) is 3.00. The standard InChI is InChI=1S/C15H22N2S2/c1-14(2,3)11-9-16-13(18)17(11)10-15(4,5)12-7-6-8-19-12/h6-9H,10H2,1-5H3,(H,16,18). The molecule has 0 amide bonds. The number of imidazole rings is 1. The molecule has 0 radical (unpaired) electrons. The van der Waals surface area contributed by atoms with E-state index in [1.165, 1.54) is 10.6 Å². The summed E-state index contributed by atoms with van der Waals surface area (Å²) >= 11 is 7.26. The number of aromatic amines is 1. The highest BCUT2D eigenvalue weighted by Gasteiger charge is 2.26. The lowest BCUT2D eigenvalue weighted by molar-refractivity contribution is 0.409. The van der Waals surface area contributed by atoms with Crippen LogP contribution in [0.3, 0.4) is 0 Å². The molecule has 0 aliphatic carbocycles. The number of H-pyrrole nitrogens is 1. The number of thiophene rings is 1. The van der Waals surface area contributed by atoms with Crippen molar-refractivity contribution in [3.8, 4) is 0 Å². The average molecular weight is 294 g/mol. The Hall–Kier alpha value is -0.870. The molecule has 1 N–H and O–H groups in total. The Morgan fingerprint density at radius 2 is 1.95 bits per heavy atom. The second-order valence-corrected chi connectivity index (χ2v) is 8.01. The lowest BCUT2D eigenvalue weighted by atomic mass is 9.89. The zero-order valence-electron chi connectivity index (χ0n) is 12.3. The van der Waals surface area contributed by atoms with Crippen LogP contribution in [0.5, 0.6) is 0 Å². The van der Waals surface area contributed by atoms with E-state index >= 15 is 0 Å². The quantitative estimate of drug-likeness (QED) is 0.800. The Kier molecular flexibility index (Phi) is 3.76. The molecule has 0 aliphatic rings. The van der Waals surface area contributed by atoms with Crippen molar-refractivity contribution in [2.75, 3.05) is 0 Å². The van der Waals surface area contributed by atoms with Gasteiger partial charge < -0.3 is 9.55 Å². The van der Waals surface area contributed by atoms with E-state index in [0.717, 1.165) is 11.3 Å². The van der Waals surface area contributed by atoms with E-state index in [-0.39, 0.29) is 10.8 Å². The first kappa shape index (κ1) is 14.5. The van der Waals surface area contributed by atoms with Crippen molar-refractivity contribution in [1.82, 2.24) is 9.55 Å². The molecule has 4 heteroatoms. The van der Waals surface area contributed by atoms with E-state index < -0.39 is 0 Å². The molecule has 19 heavy (non-hydrogen) atoms. The van der Waals surface area contributed by atoms with Gasteiger partial charge in [-0.25, -0.2) is 0 Å². The lowest BCUT2D eigenvalue weighted by Gasteiger charge is -2.28. The Morgan fingerprint density at radius 1 is 1.26 bits per heavy atom. The number of nitrogens with one attached hydrogen (secondary N) is 1. The zero-order valence-corrected chi connectivity index (χ0v) is 13.9. The highest BCUT2D eigenvalue weighted by Crippen LogP contribution is 2.31. The van der Waals surface area contributed by atoms with Gasteiger partial charge in [0.2, 0.25) is 0 Å². The highest BCUT2D eigenvalue weighted by molar-refractivity contribution is 7.71. The first-order valence-corrected chi connectivity index (χ1v) is 7.83. The van der Waals surface area contributed by atoms with Gasteiger partial charge in [0.15, 0.2) is 4.77 Å². The monoisotopic (exact) mass is 294 g/mol.